The largest absolute Gasteiger partial charge is 0.416 e. The van der Waals surface area contributed by atoms with Gasteiger partial charge in [-0.2, -0.15) is 13.2 Å². The first-order valence-electron chi connectivity index (χ1n) is 5.74. The van der Waals surface area contributed by atoms with Gasteiger partial charge in [-0.15, -0.1) is 0 Å². The summed E-state index contributed by atoms with van der Waals surface area (Å²) < 4.78 is 37.6. The average Bonchev–Trinajstić information content (AvgIpc) is 2.36. The predicted molar refractivity (Wildman–Crippen MR) is 69.3 cm³/mol. The van der Waals surface area contributed by atoms with Crippen molar-refractivity contribution in [1.82, 2.24) is 4.98 Å². The standard InChI is InChI=1S/C15H12F3N/c1-11-4-2-7-14(19-11)9-8-12-5-3-6-13(10-12)15(16,17)18/h2-10H,1H3/b9-8+. The number of nitrogens with zero attached hydrogens (tertiary/aromatic N) is 1. The maximum Gasteiger partial charge on any atom is 0.416 e. The molecule has 1 heterocycles. The first-order chi connectivity index (χ1) is 8.95. The van der Waals surface area contributed by atoms with Crippen molar-refractivity contribution in [1.29, 1.82) is 0 Å². The molecule has 0 saturated carbocycles. The zero-order chi connectivity index (χ0) is 13.9. The molecule has 1 aromatic carbocycles. The molecule has 0 fully saturated rings. The Morgan fingerprint density at radius 2 is 1.74 bits per heavy atom. The van der Waals surface area contributed by atoms with Gasteiger partial charge in [0.1, 0.15) is 0 Å². The van der Waals surface area contributed by atoms with E-state index in [1.54, 1.807) is 24.3 Å². The van der Waals surface area contributed by atoms with Gasteiger partial charge in [0, 0.05) is 5.69 Å². The molecule has 2 rings (SSSR count). The second-order valence-electron chi connectivity index (χ2n) is 4.16. The zero-order valence-electron chi connectivity index (χ0n) is 10.3. The van der Waals surface area contributed by atoms with E-state index >= 15 is 0 Å². The molecule has 19 heavy (non-hydrogen) atoms. The van der Waals surface area contributed by atoms with Crippen LogP contribution in [0.3, 0.4) is 0 Å². The van der Waals surface area contributed by atoms with Gasteiger partial charge in [-0.25, -0.2) is 0 Å². The quantitative estimate of drug-likeness (QED) is 0.772. The monoisotopic (exact) mass is 263 g/mol. The van der Waals surface area contributed by atoms with Crippen LogP contribution in [0.15, 0.2) is 42.5 Å². The molecule has 2 aromatic rings. The SMILES string of the molecule is Cc1cccc(/C=C/c2cccc(C(F)(F)F)c2)n1. The third kappa shape index (κ3) is 3.68. The van der Waals surface area contributed by atoms with E-state index in [1.165, 1.54) is 6.07 Å². The highest BCUT2D eigenvalue weighted by Gasteiger charge is 2.30. The van der Waals surface area contributed by atoms with E-state index in [-0.39, 0.29) is 0 Å². The van der Waals surface area contributed by atoms with Crippen LogP contribution in [0.1, 0.15) is 22.5 Å². The number of alkyl halides is 3. The fourth-order valence-electron chi connectivity index (χ4n) is 1.66. The number of aryl methyl sites for hydroxylation is 1. The summed E-state index contributed by atoms with van der Waals surface area (Å²) in [7, 11) is 0. The maximum atomic E-state index is 12.5. The minimum absolute atomic E-state index is 0.498. The summed E-state index contributed by atoms with van der Waals surface area (Å²) in [4.78, 5) is 4.25. The first kappa shape index (κ1) is 13.3. The molecule has 0 spiro atoms. The highest BCUT2D eigenvalue weighted by atomic mass is 19.4. The van der Waals surface area contributed by atoms with Gasteiger partial charge < -0.3 is 0 Å². The van der Waals surface area contributed by atoms with Gasteiger partial charge in [-0.3, -0.25) is 4.98 Å². The molecule has 0 bridgehead atoms. The average molecular weight is 263 g/mol. The van der Waals surface area contributed by atoms with E-state index in [1.807, 2.05) is 19.1 Å². The predicted octanol–water partition coefficient (Wildman–Crippen LogP) is 4.58. The second-order valence-corrected chi connectivity index (χ2v) is 4.16. The summed E-state index contributed by atoms with van der Waals surface area (Å²) in [5.74, 6) is 0. The lowest BCUT2D eigenvalue weighted by atomic mass is 10.1. The van der Waals surface area contributed by atoms with Crippen LogP contribution in [0.4, 0.5) is 13.2 Å². The lowest BCUT2D eigenvalue weighted by molar-refractivity contribution is -0.137. The number of halogens is 3. The lowest BCUT2D eigenvalue weighted by Crippen LogP contribution is -2.04. The molecule has 98 valence electrons. The van der Waals surface area contributed by atoms with Gasteiger partial charge in [-0.1, -0.05) is 24.3 Å². The van der Waals surface area contributed by atoms with Crippen molar-refractivity contribution in [3.8, 4) is 0 Å². The van der Waals surface area contributed by atoms with E-state index < -0.39 is 11.7 Å². The summed E-state index contributed by atoms with van der Waals surface area (Å²) in [6, 6.07) is 10.7. The fraction of sp³-hybridized carbons (Fsp3) is 0.133. The summed E-state index contributed by atoms with van der Waals surface area (Å²) in [6.45, 7) is 1.86. The minimum Gasteiger partial charge on any atom is -0.254 e. The molecule has 1 nitrogen and oxygen atoms in total. The van der Waals surface area contributed by atoms with E-state index in [2.05, 4.69) is 4.98 Å². The summed E-state index contributed by atoms with van der Waals surface area (Å²) in [6.07, 6.45) is -0.995. The summed E-state index contributed by atoms with van der Waals surface area (Å²) >= 11 is 0. The molecule has 4 heteroatoms. The molecule has 0 amide bonds. The van der Waals surface area contributed by atoms with Gasteiger partial charge in [0.05, 0.1) is 11.3 Å². The highest BCUT2D eigenvalue weighted by Crippen LogP contribution is 2.29. The van der Waals surface area contributed by atoms with Crippen LogP contribution in [0, 0.1) is 6.92 Å². The van der Waals surface area contributed by atoms with Crippen molar-refractivity contribution in [2.24, 2.45) is 0 Å². The number of pyridine rings is 1. The van der Waals surface area contributed by atoms with Gasteiger partial charge in [-0.05, 0) is 42.8 Å². The molecular formula is C15H12F3N. The van der Waals surface area contributed by atoms with Crippen LogP contribution in [0.25, 0.3) is 12.2 Å². The van der Waals surface area contributed by atoms with Gasteiger partial charge in [0.25, 0.3) is 0 Å². The van der Waals surface area contributed by atoms with Gasteiger partial charge in [0.2, 0.25) is 0 Å². The van der Waals surface area contributed by atoms with Crippen molar-refractivity contribution < 1.29 is 13.2 Å². The Kier molecular flexibility index (Phi) is 3.69. The van der Waals surface area contributed by atoms with Crippen LogP contribution in [0.5, 0.6) is 0 Å². The third-order valence-corrected chi connectivity index (χ3v) is 2.57. The second kappa shape index (κ2) is 5.26. The Morgan fingerprint density at radius 3 is 2.42 bits per heavy atom. The molecule has 0 saturated heterocycles. The van der Waals surface area contributed by atoms with Gasteiger partial charge in [0.15, 0.2) is 0 Å². The van der Waals surface area contributed by atoms with E-state index in [0.717, 1.165) is 23.5 Å². The first-order valence-corrected chi connectivity index (χ1v) is 5.74. The van der Waals surface area contributed by atoms with Crippen LogP contribution in [0.2, 0.25) is 0 Å². The minimum atomic E-state index is -4.31. The Balaban J connectivity index is 2.24. The van der Waals surface area contributed by atoms with Crippen LogP contribution < -0.4 is 0 Å². The smallest absolute Gasteiger partial charge is 0.254 e. The molecular weight excluding hydrogens is 251 g/mol. The topological polar surface area (TPSA) is 12.9 Å². The molecule has 0 unspecified atom stereocenters. The third-order valence-electron chi connectivity index (χ3n) is 2.57. The van der Waals surface area contributed by atoms with E-state index in [0.29, 0.717) is 5.56 Å². The molecule has 0 aliphatic rings. The number of benzene rings is 1. The van der Waals surface area contributed by atoms with Gasteiger partial charge >= 0.3 is 6.18 Å². The summed E-state index contributed by atoms with van der Waals surface area (Å²) in [5.41, 5.74) is 1.44. The fourth-order valence-corrected chi connectivity index (χ4v) is 1.66. The molecule has 0 N–H and O–H groups in total. The molecule has 1 aromatic heterocycles. The zero-order valence-corrected chi connectivity index (χ0v) is 10.3. The maximum absolute atomic E-state index is 12.5. The number of rotatable bonds is 2. The van der Waals surface area contributed by atoms with Crippen LogP contribution >= 0.6 is 0 Å². The van der Waals surface area contributed by atoms with Crippen molar-refractivity contribution >= 4 is 12.2 Å². The Labute approximate surface area is 109 Å². The van der Waals surface area contributed by atoms with E-state index in [9.17, 15) is 13.2 Å². The molecule has 0 atom stereocenters. The number of hydrogen-bond acceptors (Lipinski definition) is 1. The number of aromatic nitrogens is 1. The lowest BCUT2D eigenvalue weighted by Gasteiger charge is -2.06. The van der Waals surface area contributed by atoms with Crippen molar-refractivity contribution in [2.75, 3.05) is 0 Å². The van der Waals surface area contributed by atoms with Crippen molar-refractivity contribution in [3.63, 3.8) is 0 Å². The normalized spacial score (nSPS) is 12.0. The Hall–Kier alpha value is -2.10. The van der Waals surface area contributed by atoms with Crippen LogP contribution in [-0.2, 0) is 6.18 Å². The summed E-state index contributed by atoms with van der Waals surface area (Å²) in [5, 5.41) is 0. The Bertz CT molecular complexity index is 600. The van der Waals surface area contributed by atoms with Crippen molar-refractivity contribution in [2.45, 2.75) is 13.1 Å². The van der Waals surface area contributed by atoms with Crippen LogP contribution in [-0.4, -0.2) is 4.98 Å². The molecule has 0 radical (unpaired) electrons. The molecule has 0 aliphatic heterocycles. The van der Waals surface area contributed by atoms with Crippen molar-refractivity contribution in [3.05, 3.63) is 65.0 Å². The molecule has 0 aliphatic carbocycles. The number of hydrogen-bond donors (Lipinski definition) is 0. The highest BCUT2D eigenvalue weighted by molar-refractivity contribution is 5.68. The Morgan fingerprint density at radius 1 is 1.00 bits per heavy atom. The van der Waals surface area contributed by atoms with E-state index in [4.69, 9.17) is 0 Å².